The molecule has 2 amide bonds. The number of cyclic esters (lactones) is 1. The third-order valence-electron chi connectivity index (χ3n) is 2.52. The normalized spacial score (nSPS) is 16.4. The second-order valence-corrected chi connectivity index (χ2v) is 4.46. The Bertz CT molecular complexity index is 475. The lowest BCUT2D eigenvalue weighted by atomic mass is 10.3. The Hall–Kier alpha value is -2.58. The van der Waals surface area contributed by atoms with Crippen molar-refractivity contribution in [3.63, 3.8) is 0 Å². The third-order valence-corrected chi connectivity index (χ3v) is 2.52. The molecule has 0 aromatic carbocycles. The summed E-state index contributed by atoms with van der Waals surface area (Å²) in [4.78, 5) is 44.9. The average Bonchev–Trinajstić information content (AvgIpc) is 2.86. The highest BCUT2D eigenvalue weighted by atomic mass is 16.6. The predicted molar refractivity (Wildman–Crippen MR) is 72.6 cm³/mol. The molecule has 0 radical (unpaired) electrons. The topological polar surface area (TPSA) is 120 Å². The molecule has 0 aromatic rings. The summed E-state index contributed by atoms with van der Waals surface area (Å²) < 4.78 is 14.2. The van der Waals surface area contributed by atoms with E-state index in [4.69, 9.17) is 9.47 Å². The van der Waals surface area contributed by atoms with E-state index in [0.29, 0.717) is 6.42 Å². The minimum absolute atomic E-state index is 0.0164. The quantitative estimate of drug-likeness (QED) is 0.275. The van der Waals surface area contributed by atoms with Crippen LogP contribution in [0.25, 0.3) is 0 Å². The van der Waals surface area contributed by atoms with Gasteiger partial charge in [-0.2, -0.15) is 0 Å². The molecule has 9 heteroatoms. The molecule has 0 saturated carbocycles. The van der Waals surface area contributed by atoms with Crippen molar-refractivity contribution in [2.24, 2.45) is 0 Å². The van der Waals surface area contributed by atoms with Gasteiger partial charge in [-0.1, -0.05) is 6.58 Å². The first-order chi connectivity index (χ1) is 10.4. The maximum Gasteiger partial charge on any atom is 0.347 e. The molecule has 0 spiro atoms. The van der Waals surface area contributed by atoms with Crippen LogP contribution in [-0.4, -0.2) is 56.3 Å². The van der Waals surface area contributed by atoms with Crippen molar-refractivity contribution in [3.05, 3.63) is 12.2 Å². The molecule has 1 fully saturated rings. The SMILES string of the molecule is C=C(C)C(=O)OCCNC(=O)NCC(=O)OC1CCOC1=O. The van der Waals surface area contributed by atoms with Crippen LogP contribution in [0.3, 0.4) is 0 Å². The summed E-state index contributed by atoms with van der Waals surface area (Å²) >= 11 is 0. The maximum absolute atomic E-state index is 11.4. The summed E-state index contributed by atoms with van der Waals surface area (Å²) in [5.74, 6) is -1.88. The Morgan fingerprint density at radius 1 is 1.36 bits per heavy atom. The molecule has 1 rings (SSSR count). The number of rotatable bonds is 7. The average molecular weight is 314 g/mol. The van der Waals surface area contributed by atoms with Gasteiger partial charge in [0.15, 0.2) is 0 Å². The zero-order chi connectivity index (χ0) is 16.5. The Labute approximate surface area is 127 Å². The standard InChI is InChI=1S/C13H18N2O7/c1-8(2)11(17)21-6-4-14-13(19)15-7-10(16)22-9-3-5-20-12(9)18/h9H,1,3-7H2,2H3,(H2,14,15,19). The molecular formula is C13H18N2O7. The van der Waals surface area contributed by atoms with E-state index in [1.54, 1.807) is 0 Å². The highest BCUT2D eigenvalue weighted by Gasteiger charge is 2.30. The lowest BCUT2D eigenvalue weighted by molar-refractivity contribution is -0.159. The van der Waals surface area contributed by atoms with Gasteiger partial charge < -0.3 is 24.8 Å². The molecule has 1 aliphatic rings. The van der Waals surface area contributed by atoms with Crippen molar-refractivity contribution in [2.75, 3.05) is 26.3 Å². The zero-order valence-corrected chi connectivity index (χ0v) is 12.2. The third kappa shape index (κ3) is 6.25. The van der Waals surface area contributed by atoms with Crippen LogP contribution in [0.1, 0.15) is 13.3 Å². The first-order valence-electron chi connectivity index (χ1n) is 6.60. The fourth-order valence-corrected chi connectivity index (χ4v) is 1.43. The van der Waals surface area contributed by atoms with Gasteiger partial charge in [-0.3, -0.25) is 4.79 Å². The van der Waals surface area contributed by atoms with E-state index in [1.807, 2.05) is 0 Å². The molecule has 2 N–H and O–H groups in total. The van der Waals surface area contributed by atoms with Gasteiger partial charge in [0.25, 0.3) is 0 Å². The van der Waals surface area contributed by atoms with Gasteiger partial charge >= 0.3 is 23.9 Å². The smallest absolute Gasteiger partial charge is 0.347 e. The number of esters is 3. The summed E-state index contributed by atoms with van der Waals surface area (Å²) in [7, 11) is 0. The molecule has 1 atom stereocenters. The van der Waals surface area contributed by atoms with Crippen LogP contribution in [0.5, 0.6) is 0 Å². The Kier molecular flexibility index (Phi) is 6.87. The number of amides is 2. The summed E-state index contributed by atoms with van der Waals surface area (Å²) in [6, 6.07) is -0.627. The molecule has 1 saturated heterocycles. The van der Waals surface area contributed by atoms with Gasteiger partial charge in [-0.15, -0.1) is 0 Å². The number of urea groups is 1. The van der Waals surface area contributed by atoms with Crippen molar-refractivity contribution in [1.82, 2.24) is 10.6 Å². The minimum atomic E-state index is -0.904. The number of carbonyl (C=O) groups is 4. The van der Waals surface area contributed by atoms with Gasteiger partial charge in [0.05, 0.1) is 13.2 Å². The van der Waals surface area contributed by atoms with E-state index in [-0.39, 0.29) is 31.9 Å². The summed E-state index contributed by atoms with van der Waals surface area (Å²) in [5, 5.41) is 4.63. The number of nitrogens with one attached hydrogen (secondary N) is 2. The van der Waals surface area contributed by atoms with Crippen LogP contribution in [0.2, 0.25) is 0 Å². The Balaban J connectivity index is 2.10. The van der Waals surface area contributed by atoms with Crippen LogP contribution in [0, 0.1) is 0 Å². The molecule has 22 heavy (non-hydrogen) atoms. The lowest BCUT2D eigenvalue weighted by Crippen LogP contribution is -2.41. The second-order valence-electron chi connectivity index (χ2n) is 4.46. The van der Waals surface area contributed by atoms with Crippen LogP contribution in [0.4, 0.5) is 4.79 Å². The maximum atomic E-state index is 11.4. The largest absolute Gasteiger partial charge is 0.463 e. The fraction of sp³-hybridized carbons (Fsp3) is 0.538. The van der Waals surface area contributed by atoms with Gasteiger partial charge in [0, 0.05) is 12.0 Å². The first-order valence-corrected chi connectivity index (χ1v) is 6.60. The second kappa shape index (κ2) is 8.65. The lowest BCUT2D eigenvalue weighted by Gasteiger charge is -2.10. The summed E-state index contributed by atoms with van der Waals surface area (Å²) in [6.07, 6.45) is -0.593. The van der Waals surface area contributed by atoms with E-state index < -0.39 is 30.0 Å². The predicted octanol–water partition coefficient (Wildman–Crippen LogP) is -0.736. The van der Waals surface area contributed by atoms with E-state index in [0.717, 1.165) is 0 Å². The summed E-state index contributed by atoms with van der Waals surface area (Å²) in [6.45, 7) is 4.80. The highest BCUT2D eigenvalue weighted by molar-refractivity contribution is 5.87. The fourth-order valence-electron chi connectivity index (χ4n) is 1.43. The van der Waals surface area contributed by atoms with Crippen LogP contribution in [0.15, 0.2) is 12.2 Å². The van der Waals surface area contributed by atoms with Crippen LogP contribution >= 0.6 is 0 Å². The Morgan fingerprint density at radius 3 is 2.68 bits per heavy atom. The number of carbonyl (C=O) groups excluding carboxylic acids is 4. The monoisotopic (exact) mass is 314 g/mol. The zero-order valence-electron chi connectivity index (χ0n) is 12.2. The molecule has 9 nitrogen and oxygen atoms in total. The number of hydrogen-bond donors (Lipinski definition) is 2. The van der Waals surface area contributed by atoms with E-state index >= 15 is 0 Å². The van der Waals surface area contributed by atoms with Gasteiger partial charge in [0.1, 0.15) is 13.2 Å². The molecular weight excluding hydrogens is 296 g/mol. The highest BCUT2D eigenvalue weighted by Crippen LogP contribution is 2.09. The molecule has 122 valence electrons. The molecule has 0 aromatic heterocycles. The van der Waals surface area contributed by atoms with E-state index in [9.17, 15) is 19.2 Å². The van der Waals surface area contributed by atoms with E-state index in [2.05, 4.69) is 21.9 Å². The molecule has 1 heterocycles. The minimum Gasteiger partial charge on any atom is -0.463 e. The van der Waals surface area contributed by atoms with Gasteiger partial charge in [-0.25, -0.2) is 14.4 Å². The number of ether oxygens (including phenoxy) is 3. The van der Waals surface area contributed by atoms with Crippen molar-refractivity contribution in [1.29, 1.82) is 0 Å². The van der Waals surface area contributed by atoms with Gasteiger partial charge in [0.2, 0.25) is 6.10 Å². The van der Waals surface area contributed by atoms with Crippen molar-refractivity contribution in [3.8, 4) is 0 Å². The van der Waals surface area contributed by atoms with E-state index in [1.165, 1.54) is 6.92 Å². The van der Waals surface area contributed by atoms with Crippen LogP contribution in [-0.2, 0) is 28.6 Å². The molecule has 0 aliphatic carbocycles. The molecule has 1 unspecified atom stereocenters. The van der Waals surface area contributed by atoms with Crippen LogP contribution < -0.4 is 10.6 Å². The first kappa shape index (κ1) is 17.5. The summed E-state index contributed by atoms with van der Waals surface area (Å²) in [5.41, 5.74) is 0.262. The van der Waals surface area contributed by atoms with Crippen molar-refractivity contribution >= 4 is 23.9 Å². The number of hydrogen-bond acceptors (Lipinski definition) is 7. The molecule has 0 bridgehead atoms. The van der Waals surface area contributed by atoms with Crippen molar-refractivity contribution in [2.45, 2.75) is 19.4 Å². The molecule has 1 aliphatic heterocycles. The Morgan fingerprint density at radius 2 is 2.09 bits per heavy atom. The van der Waals surface area contributed by atoms with Gasteiger partial charge in [-0.05, 0) is 6.92 Å². The van der Waals surface area contributed by atoms with Crippen molar-refractivity contribution < 1.29 is 33.4 Å².